The molecule has 1 aromatic carbocycles. The van der Waals surface area contributed by atoms with Crippen molar-refractivity contribution in [3.8, 4) is 0 Å². The third kappa shape index (κ3) is 3.72. The van der Waals surface area contributed by atoms with E-state index in [1.165, 1.54) is 31.7 Å². The highest BCUT2D eigenvalue weighted by Gasteiger charge is 2.35. The van der Waals surface area contributed by atoms with Crippen LogP contribution in [-0.4, -0.2) is 26.2 Å². The normalized spacial score (nSPS) is 17.4. The Bertz CT molecular complexity index is 413. The third-order valence-corrected chi connectivity index (χ3v) is 4.50. The molecule has 1 N–H and O–H groups in total. The largest absolute Gasteiger partial charge is 0.371 e. The molecule has 1 aliphatic carbocycles. The molecule has 0 unspecified atom stereocenters. The Morgan fingerprint density at radius 1 is 1.25 bits per heavy atom. The van der Waals surface area contributed by atoms with E-state index in [4.69, 9.17) is 0 Å². The first-order valence-electron chi connectivity index (χ1n) is 7.90. The Labute approximate surface area is 122 Å². The number of benzene rings is 1. The lowest BCUT2D eigenvalue weighted by Crippen LogP contribution is -2.42. The number of nitrogens with zero attached hydrogens (tertiary/aromatic N) is 1. The Balaban J connectivity index is 2.10. The van der Waals surface area contributed by atoms with Crippen LogP contribution in [0.5, 0.6) is 0 Å². The van der Waals surface area contributed by atoms with Crippen molar-refractivity contribution in [3.05, 3.63) is 30.1 Å². The predicted molar refractivity (Wildman–Crippen MR) is 83.7 cm³/mol. The van der Waals surface area contributed by atoms with Crippen LogP contribution in [0.2, 0.25) is 0 Å². The Kier molecular flexibility index (Phi) is 5.41. The molecule has 2 nitrogen and oxygen atoms in total. The maximum absolute atomic E-state index is 13.4. The van der Waals surface area contributed by atoms with Crippen molar-refractivity contribution in [2.75, 3.05) is 31.1 Å². The fraction of sp³-hybridized carbons (Fsp3) is 0.647. The van der Waals surface area contributed by atoms with Gasteiger partial charge in [-0.1, -0.05) is 25.8 Å². The van der Waals surface area contributed by atoms with E-state index >= 15 is 0 Å². The lowest BCUT2D eigenvalue weighted by atomic mass is 9.85. The molecule has 1 fully saturated rings. The highest BCUT2D eigenvalue weighted by atomic mass is 19.1. The summed E-state index contributed by atoms with van der Waals surface area (Å²) >= 11 is 0. The van der Waals surface area contributed by atoms with Crippen molar-refractivity contribution >= 4 is 5.69 Å². The summed E-state index contributed by atoms with van der Waals surface area (Å²) in [6.07, 6.45) is 5.22. The molecule has 20 heavy (non-hydrogen) atoms. The van der Waals surface area contributed by atoms with Gasteiger partial charge in [0, 0.05) is 30.7 Å². The first kappa shape index (κ1) is 15.3. The highest BCUT2D eigenvalue weighted by Crippen LogP contribution is 2.39. The zero-order chi connectivity index (χ0) is 14.4. The standard InChI is InChI=1S/C17H27FN2/c1-3-19-13-17(10-5-6-11-17)14-20(4-2)16-9-7-8-15(18)12-16/h7-9,12,19H,3-6,10-11,13-14H2,1-2H3. The van der Waals surface area contributed by atoms with Crippen molar-refractivity contribution < 1.29 is 4.39 Å². The van der Waals surface area contributed by atoms with Gasteiger partial charge in [-0.05, 0) is 44.5 Å². The average molecular weight is 278 g/mol. The van der Waals surface area contributed by atoms with Gasteiger partial charge in [-0.15, -0.1) is 0 Å². The second-order valence-corrected chi connectivity index (χ2v) is 5.98. The summed E-state index contributed by atoms with van der Waals surface area (Å²) in [4.78, 5) is 2.33. The fourth-order valence-corrected chi connectivity index (χ4v) is 3.37. The predicted octanol–water partition coefficient (Wildman–Crippen LogP) is 3.82. The van der Waals surface area contributed by atoms with E-state index in [0.29, 0.717) is 5.41 Å². The molecule has 1 aliphatic rings. The highest BCUT2D eigenvalue weighted by molar-refractivity contribution is 5.46. The molecule has 2 rings (SSSR count). The molecule has 112 valence electrons. The maximum atomic E-state index is 13.4. The summed E-state index contributed by atoms with van der Waals surface area (Å²) in [5, 5.41) is 3.52. The third-order valence-electron chi connectivity index (χ3n) is 4.50. The van der Waals surface area contributed by atoms with Crippen molar-refractivity contribution in [2.24, 2.45) is 5.41 Å². The molecule has 0 saturated heterocycles. The Morgan fingerprint density at radius 3 is 2.60 bits per heavy atom. The van der Waals surface area contributed by atoms with Gasteiger partial charge in [0.2, 0.25) is 0 Å². The molecular formula is C17H27FN2. The molecule has 0 bridgehead atoms. The second kappa shape index (κ2) is 7.07. The average Bonchev–Trinajstić information content (AvgIpc) is 2.92. The van der Waals surface area contributed by atoms with Crippen molar-refractivity contribution in [1.82, 2.24) is 5.32 Å². The number of hydrogen-bond donors (Lipinski definition) is 1. The van der Waals surface area contributed by atoms with Gasteiger partial charge in [0.1, 0.15) is 5.82 Å². The van der Waals surface area contributed by atoms with Crippen LogP contribution in [0.3, 0.4) is 0 Å². The summed E-state index contributed by atoms with van der Waals surface area (Å²) in [7, 11) is 0. The smallest absolute Gasteiger partial charge is 0.125 e. The quantitative estimate of drug-likeness (QED) is 0.815. The topological polar surface area (TPSA) is 15.3 Å². The van der Waals surface area contributed by atoms with Crippen LogP contribution >= 0.6 is 0 Å². The summed E-state index contributed by atoms with van der Waals surface area (Å²) in [6.45, 7) is 8.37. The van der Waals surface area contributed by atoms with Crippen molar-refractivity contribution in [2.45, 2.75) is 39.5 Å². The summed E-state index contributed by atoms with van der Waals surface area (Å²) < 4.78 is 13.4. The molecule has 0 spiro atoms. The Hall–Kier alpha value is -1.09. The number of nitrogens with one attached hydrogen (secondary N) is 1. The molecule has 0 heterocycles. The summed E-state index contributed by atoms with van der Waals surface area (Å²) in [6, 6.07) is 6.99. The zero-order valence-electron chi connectivity index (χ0n) is 12.8. The molecular weight excluding hydrogens is 251 g/mol. The minimum atomic E-state index is -0.145. The fourth-order valence-electron chi connectivity index (χ4n) is 3.37. The van der Waals surface area contributed by atoms with Crippen LogP contribution in [0.15, 0.2) is 24.3 Å². The first-order valence-corrected chi connectivity index (χ1v) is 7.90. The molecule has 1 saturated carbocycles. The van der Waals surface area contributed by atoms with E-state index in [-0.39, 0.29) is 5.82 Å². The van der Waals surface area contributed by atoms with Gasteiger partial charge in [0.25, 0.3) is 0 Å². The minimum Gasteiger partial charge on any atom is -0.371 e. The van der Waals surface area contributed by atoms with E-state index in [2.05, 4.69) is 24.1 Å². The summed E-state index contributed by atoms with van der Waals surface area (Å²) in [5.41, 5.74) is 1.37. The molecule has 1 aromatic rings. The van der Waals surface area contributed by atoms with Gasteiger partial charge in [0.15, 0.2) is 0 Å². The zero-order valence-corrected chi connectivity index (χ0v) is 12.8. The molecule has 0 amide bonds. The number of rotatable bonds is 7. The SMILES string of the molecule is CCNCC1(CN(CC)c2cccc(F)c2)CCCC1. The lowest BCUT2D eigenvalue weighted by Gasteiger charge is -2.36. The molecule has 0 aromatic heterocycles. The van der Waals surface area contributed by atoms with E-state index in [1.807, 2.05) is 6.07 Å². The number of anilines is 1. The van der Waals surface area contributed by atoms with Gasteiger partial charge >= 0.3 is 0 Å². The van der Waals surface area contributed by atoms with Crippen molar-refractivity contribution in [1.29, 1.82) is 0 Å². The van der Waals surface area contributed by atoms with Gasteiger partial charge < -0.3 is 10.2 Å². The van der Waals surface area contributed by atoms with E-state index in [1.54, 1.807) is 12.1 Å². The van der Waals surface area contributed by atoms with Crippen LogP contribution in [0.1, 0.15) is 39.5 Å². The summed E-state index contributed by atoms with van der Waals surface area (Å²) in [5.74, 6) is -0.145. The minimum absolute atomic E-state index is 0.145. The molecule has 0 atom stereocenters. The molecule has 0 radical (unpaired) electrons. The molecule has 3 heteroatoms. The van der Waals surface area contributed by atoms with E-state index in [9.17, 15) is 4.39 Å². The number of hydrogen-bond acceptors (Lipinski definition) is 2. The van der Waals surface area contributed by atoms with Gasteiger partial charge in [-0.2, -0.15) is 0 Å². The van der Waals surface area contributed by atoms with Crippen LogP contribution in [0, 0.1) is 11.2 Å². The van der Waals surface area contributed by atoms with Crippen LogP contribution < -0.4 is 10.2 Å². The van der Waals surface area contributed by atoms with Gasteiger partial charge in [-0.25, -0.2) is 4.39 Å². The monoisotopic (exact) mass is 278 g/mol. The van der Waals surface area contributed by atoms with E-state index < -0.39 is 0 Å². The lowest BCUT2D eigenvalue weighted by molar-refractivity contribution is 0.286. The van der Waals surface area contributed by atoms with E-state index in [0.717, 1.165) is 31.9 Å². The van der Waals surface area contributed by atoms with Crippen LogP contribution in [-0.2, 0) is 0 Å². The first-order chi connectivity index (χ1) is 9.69. The second-order valence-electron chi connectivity index (χ2n) is 5.98. The van der Waals surface area contributed by atoms with Crippen molar-refractivity contribution in [3.63, 3.8) is 0 Å². The maximum Gasteiger partial charge on any atom is 0.125 e. The van der Waals surface area contributed by atoms with Crippen LogP contribution in [0.25, 0.3) is 0 Å². The number of halogens is 1. The van der Waals surface area contributed by atoms with Crippen LogP contribution in [0.4, 0.5) is 10.1 Å². The molecule has 0 aliphatic heterocycles. The van der Waals surface area contributed by atoms with Gasteiger partial charge in [-0.3, -0.25) is 0 Å². The Morgan fingerprint density at radius 2 is 2.00 bits per heavy atom. The van der Waals surface area contributed by atoms with Gasteiger partial charge in [0.05, 0.1) is 0 Å².